The van der Waals surface area contributed by atoms with Crippen LogP contribution in [0.25, 0.3) is 5.69 Å². The van der Waals surface area contributed by atoms with Crippen LogP contribution in [0.5, 0.6) is 0 Å². The van der Waals surface area contributed by atoms with E-state index in [2.05, 4.69) is 10.4 Å². The van der Waals surface area contributed by atoms with E-state index in [0.717, 1.165) is 18.2 Å². The molecule has 1 heterocycles. The Balaban J connectivity index is 1.95. The number of rotatable bonds is 3. The fourth-order valence-electron chi connectivity index (χ4n) is 2.41. The van der Waals surface area contributed by atoms with Gasteiger partial charge in [0.25, 0.3) is 5.91 Å². The maximum atomic E-state index is 12.9. The van der Waals surface area contributed by atoms with Crippen molar-refractivity contribution < 1.29 is 18.0 Å². The van der Waals surface area contributed by atoms with Gasteiger partial charge in [-0.1, -0.05) is 29.8 Å². The molecule has 0 unspecified atom stereocenters. The minimum absolute atomic E-state index is 0.00819. The predicted octanol–water partition coefficient (Wildman–Crippen LogP) is 5.11. The van der Waals surface area contributed by atoms with Gasteiger partial charge in [-0.25, -0.2) is 4.68 Å². The number of carbonyl (C=O) groups is 1. The van der Waals surface area contributed by atoms with E-state index in [1.807, 2.05) is 6.07 Å². The topological polar surface area (TPSA) is 46.9 Å². The Morgan fingerprint density at radius 1 is 1.12 bits per heavy atom. The number of aromatic nitrogens is 2. The number of aryl methyl sites for hydroxylation is 1. The average Bonchev–Trinajstić information content (AvgIpc) is 2.98. The third-order valence-corrected chi connectivity index (χ3v) is 3.94. The zero-order valence-electron chi connectivity index (χ0n) is 13.5. The number of para-hydroxylation sites is 1. The van der Waals surface area contributed by atoms with Crippen LogP contribution in [0.1, 0.15) is 21.7 Å². The van der Waals surface area contributed by atoms with E-state index in [9.17, 15) is 18.0 Å². The van der Waals surface area contributed by atoms with Crippen molar-refractivity contribution in [2.75, 3.05) is 5.32 Å². The van der Waals surface area contributed by atoms with E-state index >= 15 is 0 Å². The van der Waals surface area contributed by atoms with Crippen molar-refractivity contribution in [3.05, 3.63) is 76.6 Å². The van der Waals surface area contributed by atoms with Crippen molar-refractivity contribution in [3.63, 3.8) is 0 Å². The largest absolute Gasteiger partial charge is 0.416 e. The summed E-state index contributed by atoms with van der Waals surface area (Å²) in [6.07, 6.45) is -4.54. The highest BCUT2D eigenvalue weighted by molar-refractivity contribution is 6.33. The summed E-state index contributed by atoms with van der Waals surface area (Å²) in [5.74, 6) is -0.615. The molecule has 1 aromatic heterocycles. The summed E-state index contributed by atoms with van der Waals surface area (Å²) < 4.78 is 40.1. The van der Waals surface area contributed by atoms with Crippen molar-refractivity contribution >= 4 is 23.2 Å². The number of hydrogen-bond acceptors (Lipinski definition) is 2. The Morgan fingerprint density at radius 2 is 1.81 bits per heavy atom. The monoisotopic (exact) mass is 379 g/mol. The third-order valence-electron chi connectivity index (χ3n) is 3.61. The Labute approximate surface area is 152 Å². The molecule has 0 spiro atoms. The fraction of sp³-hybridized carbons (Fsp3) is 0.111. The molecule has 1 amide bonds. The number of amides is 1. The van der Waals surface area contributed by atoms with Gasteiger partial charge in [-0.2, -0.15) is 18.3 Å². The lowest BCUT2D eigenvalue weighted by atomic mass is 10.2. The average molecular weight is 380 g/mol. The van der Waals surface area contributed by atoms with E-state index in [4.69, 9.17) is 11.6 Å². The molecule has 0 bridgehead atoms. The number of hydrogen-bond donors (Lipinski definition) is 1. The summed E-state index contributed by atoms with van der Waals surface area (Å²) in [6, 6.07) is 13.2. The van der Waals surface area contributed by atoms with E-state index in [-0.39, 0.29) is 16.4 Å². The molecular formula is C18H13ClF3N3O. The van der Waals surface area contributed by atoms with E-state index < -0.39 is 17.6 Å². The van der Waals surface area contributed by atoms with Crippen LogP contribution >= 0.6 is 11.6 Å². The van der Waals surface area contributed by atoms with Crippen molar-refractivity contribution in [1.29, 1.82) is 0 Å². The zero-order valence-corrected chi connectivity index (χ0v) is 14.3. The van der Waals surface area contributed by atoms with Crippen molar-refractivity contribution in [2.24, 2.45) is 0 Å². The van der Waals surface area contributed by atoms with Gasteiger partial charge in [-0.3, -0.25) is 4.79 Å². The number of nitrogens with zero attached hydrogens (tertiary/aromatic N) is 2. The molecule has 0 aliphatic heterocycles. The number of nitrogens with one attached hydrogen (secondary N) is 1. The number of benzene rings is 2. The molecule has 0 aliphatic rings. The summed E-state index contributed by atoms with van der Waals surface area (Å²) in [5.41, 5.74) is 0.409. The van der Waals surface area contributed by atoms with Crippen LogP contribution in [0, 0.1) is 6.92 Å². The lowest BCUT2D eigenvalue weighted by Gasteiger charge is -2.12. The van der Waals surface area contributed by atoms with Gasteiger partial charge in [-0.15, -0.1) is 0 Å². The molecule has 3 rings (SSSR count). The molecule has 2 aromatic carbocycles. The number of halogens is 4. The molecule has 0 fully saturated rings. The van der Waals surface area contributed by atoms with Gasteiger partial charge in [0.2, 0.25) is 0 Å². The number of anilines is 1. The second kappa shape index (κ2) is 6.84. The van der Waals surface area contributed by atoms with Gasteiger partial charge < -0.3 is 5.32 Å². The second-order valence-electron chi connectivity index (χ2n) is 5.56. The summed E-state index contributed by atoms with van der Waals surface area (Å²) in [7, 11) is 0. The lowest BCUT2D eigenvalue weighted by molar-refractivity contribution is -0.137. The van der Waals surface area contributed by atoms with Gasteiger partial charge in [-0.05, 0) is 43.3 Å². The third kappa shape index (κ3) is 3.72. The molecule has 1 N–H and O–H groups in total. The molecule has 134 valence electrons. The Kier molecular flexibility index (Phi) is 4.73. The van der Waals surface area contributed by atoms with Crippen LogP contribution in [0.3, 0.4) is 0 Å². The van der Waals surface area contributed by atoms with Crippen LogP contribution < -0.4 is 5.32 Å². The second-order valence-corrected chi connectivity index (χ2v) is 5.97. The SMILES string of the molecule is Cc1cc(C(=O)Nc2cc(C(F)(F)F)ccc2Cl)n(-c2ccccc2)n1. The molecule has 0 saturated carbocycles. The molecule has 0 atom stereocenters. The molecule has 4 nitrogen and oxygen atoms in total. The number of carbonyl (C=O) groups excluding carboxylic acids is 1. The zero-order chi connectivity index (χ0) is 18.9. The number of alkyl halides is 3. The first-order valence-electron chi connectivity index (χ1n) is 7.56. The van der Waals surface area contributed by atoms with Gasteiger partial charge in [0, 0.05) is 0 Å². The summed E-state index contributed by atoms with van der Waals surface area (Å²) in [6.45, 7) is 1.72. The lowest BCUT2D eigenvalue weighted by Crippen LogP contribution is -2.17. The smallest absolute Gasteiger partial charge is 0.319 e. The van der Waals surface area contributed by atoms with Crippen LogP contribution in [0.2, 0.25) is 5.02 Å². The first-order valence-corrected chi connectivity index (χ1v) is 7.93. The Bertz CT molecular complexity index is 952. The molecule has 26 heavy (non-hydrogen) atoms. The summed E-state index contributed by atoms with van der Waals surface area (Å²) >= 11 is 5.94. The normalized spacial score (nSPS) is 11.4. The van der Waals surface area contributed by atoms with Crippen molar-refractivity contribution in [2.45, 2.75) is 13.1 Å². The van der Waals surface area contributed by atoms with Gasteiger partial charge >= 0.3 is 6.18 Å². The molecule has 0 radical (unpaired) electrons. The molecule has 8 heteroatoms. The Hall–Kier alpha value is -2.80. The quantitative estimate of drug-likeness (QED) is 0.687. The van der Waals surface area contributed by atoms with Crippen molar-refractivity contribution in [1.82, 2.24) is 9.78 Å². The molecule has 0 aliphatic carbocycles. The highest BCUT2D eigenvalue weighted by Gasteiger charge is 2.31. The van der Waals surface area contributed by atoms with E-state index in [0.29, 0.717) is 11.4 Å². The molecular weight excluding hydrogens is 367 g/mol. The minimum atomic E-state index is -4.54. The summed E-state index contributed by atoms with van der Waals surface area (Å²) in [4.78, 5) is 12.6. The Morgan fingerprint density at radius 3 is 2.46 bits per heavy atom. The fourth-order valence-corrected chi connectivity index (χ4v) is 2.58. The first kappa shape index (κ1) is 18.0. The predicted molar refractivity (Wildman–Crippen MR) is 92.7 cm³/mol. The highest BCUT2D eigenvalue weighted by Crippen LogP contribution is 2.34. The van der Waals surface area contributed by atoms with Crippen LogP contribution in [-0.4, -0.2) is 15.7 Å². The van der Waals surface area contributed by atoms with Crippen LogP contribution in [-0.2, 0) is 6.18 Å². The van der Waals surface area contributed by atoms with E-state index in [1.54, 1.807) is 37.3 Å². The van der Waals surface area contributed by atoms with Crippen LogP contribution in [0.4, 0.5) is 18.9 Å². The molecule has 0 saturated heterocycles. The first-order chi connectivity index (χ1) is 12.3. The summed E-state index contributed by atoms with van der Waals surface area (Å²) in [5, 5.41) is 6.70. The van der Waals surface area contributed by atoms with Gasteiger partial charge in [0.15, 0.2) is 0 Å². The minimum Gasteiger partial charge on any atom is -0.319 e. The van der Waals surface area contributed by atoms with Crippen LogP contribution in [0.15, 0.2) is 54.6 Å². The molecule has 3 aromatic rings. The van der Waals surface area contributed by atoms with Gasteiger partial charge in [0.1, 0.15) is 5.69 Å². The standard InChI is InChI=1S/C18H13ClF3N3O/c1-11-9-16(25(24-11)13-5-3-2-4-6-13)17(26)23-15-10-12(18(20,21)22)7-8-14(15)19/h2-10H,1H3,(H,23,26). The maximum Gasteiger partial charge on any atom is 0.416 e. The van der Waals surface area contributed by atoms with Gasteiger partial charge in [0.05, 0.1) is 27.7 Å². The van der Waals surface area contributed by atoms with E-state index in [1.165, 1.54) is 4.68 Å². The maximum absolute atomic E-state index is 12.9. The van der Waals surface area contributed by atoms with Crippen molar-refractivity contribution in [3.8, 4) is 5.69 Å². The highest BCUT2D eigenvalue weighted by atomic mass is 35.5.